The van der Waals surface area contributed by atoms with Gasteiger partial charge < -0.3 is 39.0 Å². The lowest BCUT2D eigenvalue weighted by atomic mass is 9.52. The van der Waals surface area contributed by atoms with Crippen molar-refractivity contribution in [2.75, 3.05) is 59.5 Å². The van der Waals surface area contributed by atoms with Crippen LogP contribution in [0.25, 0.3) is 17.0 Å². The van der Waals surface area contributed by atoms with Crippen LogP contribution in [0, 0.1) is 11.8 Å². The summed E-state index contributed by atoms with van der Waals surface area (Å²) in [6.45, 7) is 8.79. The van der Waals surface area contributed by atoms with Crippen LogP contribution in [0.1, 0.15) is 74.4 Å². The van der Waals surface area contributed by atoms with E-state index in [0.717, 1.165) is 52.3 Å². The third-order valence-corrected chi connectivity index (χ3v) is 15.1. The van der Waals surface area contributed by atoms with Crippen LogP contribution in [0.15, 0.2) is 59.7 Å². The van der Waals surface area contributed by atoms with Gasteiger partial charge in [-0.1, -0.05) is 43.2 Å². The van der Waals surface area contributed by atoms with Gasteiger partial charge in [-0.25, -0.2) is 9.59 Å². The molecule has 2 bridgehead atoms. The molecule has 328 valence electrons. The summed E-state index contributed by atoms with van der Waals surface area (Å²) < 4.78 is 23.8. The number of aliphatic carboxylic acids is 1. The highest BCUT2D eigenvalue weighted by molar-refractivity contribution is 5.96. The molecule has 1 saturated carbocycles. The van der Waals surface area contributed by atoms with Gasteiger partial charge in [-0.15, -0.1) is 0 Å². The number of esters is 3. The van der Waals surface area contributed by atoms with Gasteiger partial charge in [0.15, 0.2) is 6.10 Å². The van der Waals surface area contributed by atoms with E-state index in [-0.39, 0.29) is 12.0 Å². The fraction of sp³-hybridized carbons (Fsp3) is 0.500. The number of rotatable bonds is 9. The van der Waals surface area contributed by atoms with Crippen molar-refractivity contribution in [1.82, 2.24) is 14.8 Å². The van der Waals surface area contributed by atoms with Crippen LogP contribution in [0.2, 0.25) is 0 Å². The van der Waals surface area contributed by atoms with Gasteiger partial charge in [0, 0.05) is 97.5 Å². The van der Waals surface area contributed by atoms with Crippen LogP contribution in [-0.2, 0) is 50.8 Å². The highest BCUT2D eigenvalue weighted by Crippen LogP contribution is 2.65. The van der Waals surface area contributed by atoms with E-state index in [1.165, 1.54) is 26.7 Å². The first-order valence-corrected chi connectivity index (χ1v) is 21.6. The van der Waals surface area contributed by atoms with Gasteiger partial charge in [0.1, 0.15) is 11.2 Å². The third-order valence-electron chi connectivity index (χ3n) is 15.1. The predicted molar refractivity (Wildman–Crippen MR) is 231 cm³/mol. The van der Waals surface area contributed by atoms with Crippen molar-refractivity contribution >= 4 is 46.5 Å². The lowest BCUT2D eigenvalue weighted by Gasteiger charge is -2.59. The number of benzene rings is 2. The van der Waals surface area contributed by atoms with Crippen LogP contribution in [0.3, 0.4) is 0 Å². The number of aromatic nitrogens is 1. The number of hydrogen-bond donors (Lipinski definition) is 3. The van der Waals surface area contributed by atoms with E-state index < -0.39 is 58.4 Å². The van der Waals surface area contributed by atoms with E-state index in [2.05, 4.69) is 39.9 Å². The summed E-state index contributed by atoms with van der Waals surface area (Å²) in [5.74, 6) is -3.18. The molecule has 14 heteroatoms. The van der Waals surface area contributed by atoms with Gasteiger partial charge in [-0.3, -0.25) is 19.4 Å². The van der Waals surface area contributed by atoms with E-state index in [9.17, 15) is 24.6 Å². The Morgan fingerprint density at radius 1 is 1.00 bits per heavy atom. The molecule has 1 aromatic heterocycles. The molecule has 62 heavy (non-hydrogen) atoms. The monoisotopic (exact) mass is 848 g/mol. The zero-order valence-corrected chi connectivity index (χ0v) is 36.4. The Kier molecular flexibility index (Phi) is 10.2. The summed E-state index contributed by atoms with van der Waals surface area (Å²) in [6, 6.07) is 8.52. The van der Waals surface area contributed by atoms with Crippen molar-refractivity contribution in [2.45, 2.75) is 87.6 Å². The van der Waals surface area contributed by atoms with Crippen LogP contribution in [0.4, 0.5) is 5.69 Å². The van der Waals surface area contributed by atoms with E-state index in [1.807, 2.05) is 43.1 Å². The van der Waals surface area contributed by atoms with Gasteiger partial charge in [0.2, 0.25) is 5.60 Å². The number of nitrogens with one attached hydrogen (secondary N) is 1. The summed E-state index contributed by atoms with van der Waals surface area (Å²) in [5, 5.41) is 23.6. The standard InChI is InChI=1S/C48H56N4O10/c1-8-27-18-29-22-47(44(56)60-6,40-32(25-51(23-27)24-29)31-19-28(11-13-38(54)55)10-12-35(31)49-40)34-20-33-36(21-37(34)59-5)50(4)43-46(33)15-17-52-16-14-30(9-2)39(41(46)52)42(62-26(3)53)48(43,58)45(57)61-7/h10-14,18-21,29,39,41-43,49,58H,8-9,15-17,22-25H2,1-7H3,(H,54,55)/t29-,39?,41+,42-,43-,46-,47+,48-/m1/s1. The summed E-state index contributed by atoms with van der Waals surface area (Å²) in [7, 11) is 6.09. The minimum Gasteiger partial charge on any atom is -0.496 e. The number of fused-ring (bicyclic) bond motifs is 6. The number of H-pyrrole nitrogens is 1. The van der Waals surface area contributed by atoms with E-state index in [0.29, 0.717) is 68.0 Å². The Balaban J connectivity index is 1.35. The maximum atomic E-state index is 15.3. The number of carbonyl (C=O) groups is 4. The number of carbonyl (C=O) groups excluding carboxylic acids is 3. The Bertz CT molecular complexity index is 2490. The zero-order valence-electron chi connectivity index (χ0n) is 36.4. The van der Waals surface area contributed by atoms with Gasteiger partial charge in [0.05, 0.1) is 27.4 Å². The number of carboxylic acid groups (broad SMARTS) is 1. The van der Waals surface area contributed by atoms with E-state index >= 15 is 4.79 Å². The molecular formula is C48H56N4O10. The van der Waals surface area contributed by atoms with Crippen LogP contribution < -0.4 is 9.64 Å². The number of aliphatic hydroxyl groups is 1. The molecule has 2 unspecified atom stereocenters. The average molecular weight is 849 g/mol. The second-order valence-corrected chi connectivity index (χ2v) is 18.0. The van der Waals surface area contributed by atoms with Crippen LogP contribution in [0.5, 0.6) is 5.75 Å². The van der Waals surface area contributed by atoms with E-state index in [4.69, 9.17) is 18.9 Å². The molecule has 1 aliphatic carbocycles. The second kappa shape index (κ2) is 15.1. The maximum absolute atomic E-state index is 15.3. The van der Waals surface area contributed by atoms with Crippen LogP contribution >= 0.6 is 0 Å². The van der Waals surface area contributed by atoms with Gasteiger partial charge in [0.25, 0.3) is 0 Å². The Morgan fingerprint density at radius 2 is 1.77 bits per heavy atom. The first-order chi connectivity index (χ1) is 29.7. The van der Waals surface area contributed by atoms with Crippen molar-refractivity contribution in [3.63, 3.8) is 0 Å². The molecule has 0 amide bonds. The lowest BCUT2D eigenvalue weighted by Crippen LogP contribution is -2.78. The SMILES string of the molecule is CCC1=C[C@H]2CN(C1)Cc1c([nH]c3ccc(C=CC(=O)O)cc13)[C@@](C(=O)OC)(c1cc3c(cc1OC)N(C)[C@H]1[C@@](O)(C(=O)OC)[C@H](OC(C)=O)C4C(CC)=CCN5CC[C@]31[C@H]45)C2. The molecule has 2 fully saturated rings. The third kappa shape index (κ3) is 5.78. The fourth-order valence-corrected chi connectivity index (χ4v) is 12.9. The molecule has 14 nitrogen and oxygen atoms in total. The van der Waals surface area contributed by atoms with Crippen molar-refractivity contribution in [1.29, 1.82) is 0 Å². The number of aromatic amines is 1. The smallest absolute Gasteiger partial charge is 0.344 e. The number of likely N-dealkylation sites (N-methyl/N-ethyl adjacent to an activating group) is 1. The molecule has 1 spiro atoms. The molecule has 5 aliphatic heterocycles. The van der Waals surface area contributed by atoms with Crippen molar-refractivity contribution in [3.8, 4) is 5.75 Å². The first-order valence-electron chi connectivity index (χ1n) is 21.6. The molecule has 0 radical (unpaired) electrons. The first kappa shape index (κ1) is 41.9. The average Bonchev–Trinajstić information content (AvgIpc) is 3.90. The Hall–Kier alpha value is -5.44. The topological polar surface area (TPSA) is 171 Å². The summed E-state index contributed by atoms with van der Waals surface area (Å²) in [5.41, 5.74) is 2.87. The van der Waals surface area contributed by atoms with E-state index in [1.54, 1.807) is 13.2 Å². The predicted octanol–water partition coefficient (Wildman–Crippen LogP) is 4.85. The molecule has 6 aliphatic rings. The lowest BCUT2D eigenvalue weighted by molar-refractivity contribution is -0.212. The van der Waals surface area contributed by atoms with Gasteiger partial charge in [-0.05, 0) is 79.1 Å². The number of hydrogen-bond acceptors (Lipinski definition) is 12. The Morgan fingerprint density at radius 3 is 2.45 bits per heavy atom. The van der Waals surface area contributed by atoms with Crippen molar-refractivity contribution in [2.24, 2.45) is 11.8 Å². The summed E-state index contributed by atoms with van der Waals surface area (Å²) in [4.78, 5) is 64.6. The molecule has 9 rings (SSSR count). The van der Waals surface area contributed by atoms with Crippen molar-refractivity contribution < 1.29 is 48.3 Å². The molecule has 1 saturated heterocycles. The number of anilines is 1. The normalized spacial score (nSPS) is 32.1. The fourth-order valence-electron chi connectivity index (χ4n) is 12.9. The summed E-state index contributed by atoms with van der Waals surface area (Å²) in [6.07, 6.45) is 8.27. The Labute approximate surface area is 361 Å². The van der Waals surface area contributed by atoms with Crippen LogP contribution in [-0.4, -0.2) is 127 Å². The number of nitrogens with zero attached hydrogens (tertiary/aromatic N) is 3. The second-order valence-electron chi connectivity index (χ2n) is 18.0. The maximum Gasteiger partial charge on any atom is 0.344 e. The summed E-state index contributed by atoms with van der Waals surface area (Å²) >= 11 is 0. The minimum absolute atomic E-state index is 0.0523. The molecular weight excluding hydrogens is 793 g/mol. The quantitative estimate of drug-likeness (QED) is 0.116. The molecule has 3 N–H and O–H groups in total. The molecule has 6 heterocycles. The number of methoxy groups -OCH3 is 3. The molecule has 2 aromatic carbocycles. The van der Waals surface area contributed by atoms with Gasteiger partial charge >= 0.3 is 23.9 Å². The number of ether oxygens (including phenoxy) is 4. The van der Waals surface area contributed by atoms with Crippen molar-refractivity contribution in [3.05, 3.63) is 87.7 Å². The zero-order chi connectivity index (χ0) is 44.0. The van der Waals surface area contributed by atoms with Gasteiger partial charge in [-0.2, -0.15) is 0 Å². The largest absolute Gasteiger partial charge is 0.496 e. The molecule has 3 aromatic rings. The number of carboxylic acids is 1. The minimum atomic E-state index is -2.30. The highest BCUT2D eigenvalue weighted by atomic mass is 16.6. The highest BCUT2D eigenvalue weighted by Gasteiger charge is 2.77. The molecule has 9 atom stereocenters.